The molecule has 0 amide bonds. The van der Waals surface area contributed by atoms with Crippen LogP contribution in [0.1, 0.15) is 21.5 Å². The fourth-order valence-corrected chi connectivity index (χ4v) is 1.55. The third-order valence-electron chi connectivity index (χ3n) is 2.38. The first-order valence-electron chi connectivity index (χ1n) is 4.77. The first-order valence-corrected chi connectivity index (χ1v) is 4.77. The molecule has 0 unspecified atom stereocenters. The third kappa shape index (κ3) is 1.82. The summed E-state index contributed by atoms with van der Waals surface area (Å²) >= 11 is 0. The van der Waals surface area contributed by atoms with Crippen molar-refractivity contribution < 1.29 is 19.1 Å². The van der Waals surface area contributed by atoms with Crippen molar-refractivity contribution >= 4 is 18.0 Å². The summed E-state index contributed by atoms with van der Waals surface area (Å²) in [6, 6.07) is 5.28. The van der Waals surface area contributed by atoms with Crippen molar-refractivity contribution in [3.8, 4) is 0 Å². The summed E-state index contributed by atoms with van der Waals surface area (Å²) in [7, 11) is 1.31. The van der Waals surface area contributed by atoms with Crippen LogP contribution in [0.25, 0.3) is 6.08 Å². The van der Waals surface area contributed by atoms with Gasteiger partial charge in [0.1, 0.15) is 6.61 Å². The maximum atomic E-state index is 11.3. The highest BCUT2D eigenvalue weighted by molar-refractivity contribution is 5.95. The van der Waals surface area contributed by atoms with Gasteiger partial charge in [0.15, 0.2) is 0 Å². The first-order chi connectivity index (χ1) is 7.72. The molecule has 1 aromatic carbocycles. The lowest BCUT2D eigenvalue weighted by atomic mass is 10.0. The predicted octanol–water partition coefficient (Wildman–Crippen LogP) is 1.54. The number of carbonyl (C=O) groups is 2. The van der Waals surface area contributed by atoms with Gasteiger partial charge in [-0.25, -0.2) is 9.59 Å². The molecule has 0 aromatic heterocycles. The molecule has 0 fully saturated rings. The summed E-state index contributed by atoms with van der Waals surface area (Å²) in [5, 5.41) is 0. The largest absolute Gasteiger partial charge is 0.466 e. The van der Waals surface area contributed by atoms with Crippen LogP contribution in [0.4, 0.5) is 0 Å². The number of ether oxygens (including phenoxy) is 2. The highest BCUT2D eigenvalue weighted by atomic mass is 16.5. The van der Waals surface area contributed by atoms with Crippen LogP contribution in [0.2, 0.25) is 0 Å². The van der Waals surface area contributed by atoms with Crippen LogP contribution < -0.4 is 0 Å². The molecule has 1 heterocycles. The second-order valence-electron chi connectivity index (χ2n) is 3.31. The van der Waals surface area contributed by atoms with E-state index in [1.807, 2.05) is 6.07 Å². The van der Waals surface area contributed by atoms with Gasteiger partial charge in [0.2, 0.25) is 0 Å². The minimum atomic E-state index is -0.428. The second-order valence-corrected chi connectivity index (χ2v) is 3.31. The molecule has 82 valence electrons. The van der Waals surface area contributed by atoms with Gasteiger partial charge >= 0.3 is 11.9 Å². The van der Waals surface area contributed by atoms with Gasteiger partial charge in [-0.15, -0.1) is 0 Å². The molecule has 0 saturated carbocycles. The fourth-order valence-electron chi connectivity index (χ4n) is 1.55. The Labute approximate surface area is 92.5 Å². The molecule has 4 nitrogen and oxygen atoms in total. The first kappa shape index (κ1) is 10.4. The van der Waals surface area contributed by atoms with E-state index in [0.29, 0.717) is 5.56 Å². The molecule has 1 aliphatic rings. The molecular formula is C12H10O4. The van der Waals surface area contributed by atoms with Gasteiger partial charge in [-0.1, -0.05) is 12.1 Å². The summed E-state index contributed by atoms with van der Waals surface area (Å²) in [4.78, 5) is 22.2. The number of fused-ring (bicyclic) bond motifs is 1. The van der Waals surface area contributed by atoms with E-state index >= 15 is 0 Å². The number of methoxy groups -OCH3 is 1. The van der Waals surface area contributed by atoms with Crippen LogP contribution >= 0.6 is 0 Å². The molecule has 0 bridgehead atoms. The molecule has 0 spiro atoms. The quantitative estimate of drug-likeness (QED) is 0.558. The summed E-state index contributed by atoms with van der Waals surface area (Å²) in [6.07, 6.45) is 2.94. The maximum absolute atomic E-state index is 11.3. The van der Waals surface area contributed by atoms with E-state index in [2.05, 4.69) is 4.74 Å². The Bertz CT molecular complexity index is 474. The molecule has 0 saturated heterocycles. The van der Waals surface area contributed by atoms with Crippen LogP contribution in [0.15, 0.2) is 24.3 Å². The van der Waals surface area contributed by atoms with E-state index in [0.717, 1.165) is 11.1 Å². The highest BCUT2D eigenvalue weighted by Crippen LogP contribution is 2.24. The van der Waals surface area contributed by atoms with Crippen LogP contribution in [-0.4, -0.2) is 19.0 Å². The number of cyclic esters (lactones) is 1. The fraction of sp³-hybridized carbons (Fsp3) is 0.167. The average molecular weight is 218 g/mol. The Morgan fingerprint density at radius 3 is 3.06 bits per heavy atom. The highest BCUT2D eigenvalue weighted by Gasteiger charge is 2.22. The number of hydrogen-bond acceptors (Lipinski definition) is 4. The van der Waals surface area contributed by atoms with Crippen LogP contribution in [0, 0.1) is 0 Å². The summed E-state index contributed by atoms with van der Waals surface area (Å²) < 4.78 is 9.40. The van der Waals surface area contributed by atoms with Gasteiger partial charge < -0.3 is 9.47 Å². The van der Waals surface area contributed by atoms with E-state index in [9.17, 15) is 9.59 Å². The molecule has 4 heteroatoms. The van der Waals surface area contributed by atoms with E-state index in [-0.39, 0.29) is 12.6 Å². The van der Waals surface area contributed by atoms with Crippen molar-refractivity contribution in [3.63, 3.8) is 0 Å². The lowest BCUT2D eigenvalue weighted by Crippen LogP contribution is -1.95. The third-order valence-corrected chi connectivity index (χ3v) is 2.38. The Hall–Kier alpha value is -2.10. The number of carbonyl (C=O) groups excluding carboxylic acids is 2. The van der Waals surface area contributed by atoms with Crippen molar-refractivity contribution in [2.45, 2.75) is 6.61 Å². The van der Waals surface area contributed by atoms with E-state index in [1.165, 1.54) is 13.2 Å². The average Bonchev–Trinajstić information content (AvgIpc) is 2.69. The molecule has 0 atom stereocenters. The molecule has 16 heavy (non-hydrogen) atoms. The Morgan fingerprint density at radius 2 is 2.31 bits per heavy atom. The maximum Gasteiger partial charge on any atom is 0.338 e. The number of esters is 2. The van der Waals surface area contributed by atoms with Crippen molar-refractivity contribution in [2.75, 3.05) is 7.11 Å². The lowest BCUT2D eigenvalue weighted by molar-refractivity contribution is -0.134. The van der Waals surface area contributed by atoms with Gasteiger partial charge in [0.25, 0.3) is 0 Å². The minimum Gasteiger partial charge on any atom is -0.466 e. The zero-order valence-electron chi connectivity index (χ0n) is 8.73. The van der Waals surface area contributed by atoms with Gasteiger partial charge in [0.05, 0.1) is 12.7 Å². The van der Waals surface area contributed by atoms with Crippen molar-refractivity contribution in [1.82, 2.24) is 0 Å². The molecule has 1 aliphatic heterocycles. The topological polar surface area (TPSA) is 52.6 Å². The van der Waals surface area contributed by atoms with Crippen LogP contribution in [0.3, 0.4) is 0 Å². The standard InChI is InChI=1S/C12H10O4/c1-15-11(13)6-5-8-3-2-4-9-10(8)7-16-12(9)14/h2-6H,7H2,1H3/b6-5+. The SMILES string of the molecule is COC(=O)/C=C/c1cccc2c1COC2=O. The minimum absolute atomic E-state index is 0.260. The lowest BCUT2D eigenvalue weighted by Gasteiger charge is -1.99. The normalized spacial score (nSPS) is 13.7. The summed E-state index contributed by atoms with van der Waals surface area (Å²) in [5.41, 5.74) is 2.17. The Morgan fingerprint density at radius 1 is 1.50 bits per heavy atom. The van der Waals surface area contributed by atoms with E-state index in [1.54, 1.807) is 18.2 Å². The van der Waals surface area contributed by atoms with E-state index < -0.39 is 5.97 Å². The van der Waals surface area contributed by atoms with Crippen molar-refractivity contribution in [1.29, 1.82) is 0 Å². The van der Waals surface area contributed by atoms with Crippen LogP contribution in [0.5, 0.6) is 0 Å². The Balaban J connectivity index is 2.33. The van der Waals surface area contributed by atoms with Gasteiger partial charge in [-0.05, 0) is 17.7 Å². The summed E-state index contributed by atoms with van der Waals surface area (Å²) in [5.74, 6) is -0.744. The predicted molar refractivity (Wildman–Crippen MR) is 56.6 cm³/mol. The molecule has 0 N–H and O–H groups in total. The molecule has 2 rings (SSSR count). The molecular weight excluding hydrogens is 208 g/mol. The number of rotatable bonds is 2. The number of benzene rings is 1. The second kappa shape index (κ2) is 4.18. The zero-order valence-corrected chi connectivity index (χ0v) is 8.73. The summed E-state index contributed by atoms with van der Waals surface area (Å²) in [6.45, 7) is 0.260. The van der Waals surface area contributed by atoms with Crippen molar-refractivity contribution in [2.24, 2.45) is 0 Å². The zero-order chi connectivity index (χ0) is 11.5. The molecule has 0 aliphatic carbocycles. The van der Waals surface area contributed by atoms with Gasteiger partial charge in [-0.3, -0.25) is 0 Å². The molecule has 1 aromatic rings. The van der Waals surface area contributed by atoms with Crippen molar-refractivity contribution in [3.05, 3.63) is 41.0 Å². The number of hydrogen-bond donors (Lipinski definition) is 0. The monoisotopic (exact) mass is 218 g/mol. The molecule has 0 radical (unpaired) electrons. The van der Waals surface area contributed by atoms with Crippen LogP contribution in [-0.2, 0) is 20.9 Å². The van der Waals surface area contributed by atoms with E-state index in [4.69, 9.17) is 4.74 Å². The van der Waals surface area contributed by atoms with Gasteiger partial charge in [0, 0.05) is 11.6 Å². The smallest absolute Gasteiger partial charge is 0.338 e. The van der Waals surface area contributed by atoms with Gasteiger partial charge in [-0.2, -0.15) is 0 Å². The Kier molecular flexibility index (Phi) is 2.72.